The highest BCUT2D eigenvalue weighted by Crippen LogP contribution is 2.39. The largest absolute Gasteiger partial charge is 0.380 e. The van der Waals surface area contributed by atoms with Gasteiger partial charge in [-0.1, -0.05) is 41.0 Å². The quantitative estimate of drug-likeness (QED) is 0.467. The van der Waals surface area contributed by atoms with Gasteiger partial charge in [-0.05, 0) is 18.3 Å². The van der Waals surface area contributed by atoms with E-state index < -0.39 is 0 Å². The van der Waals surface area contributed by atoms with E-state index in [4.69, 9.17) is 9.47 Å². The summed E-state index contributed by atoms with van der Waals surface area (Å²) in [5.41, 5.74) is 1.05. The van der Waals surface area contributed by atoms with Gasteiger partial charge in [0.25, 0.3) is 0 Å². The fourth-order valence-corrected chi connectivity index (χ4v) is 4.19. The molecule has 0 amide bonds. The minimum atomic E-state index is 0.458. The normalized spacial score (nSPS) is 20.2. The summed E-state index contributed by atoms with van der Waals surface area (Å²) in [6, 6.07) is 0.546. The minimum Gasteiger partial charge on any atom is -0.380 e. The fraction of sp³-hybridized carbons (Fsp3) is 1.00. The summed E-state index contributed by atoms with van der Waals surface area (Å²) in [5, 5.41) is 3.38. The van der Waals surface area contributed by atoms with Gasteiger partial charge in [-0.25, -0.2) is 0 Å². The number of rotatable bonds is 14. The third kappa shape index (κ3) is 9.23. The molecule has 0 aromatic rings. The van der Waals surface area contributed by atoms with Gasteiger partial charge in [0, 0.05) is 63.9 Å². The lowest BCUT2D eigenvalue weighted by Gasteiger charge is -2.60. The predicted octanol–water partition coefficient (Wildman–Crippen LogP) is 2.85. The van der Waals surface area contributed by atoms with Crippen LogP contribution in [-0.2, 0) is 9.47 Å². The Bertz CT molecular complexity index is 395. The van der Waals surface area contributed by atoms with E-state index in [-0.39, 0.29) is 0 Å². The van der Waals surface area contributed by atoms with Crippen LogP contribution in [0.4, 0.5) is 0 Å². The Morgan fingerprint density at radius 1 is 0.852 bits per heavy atom. The number of hydrogen-bond acceptors (Lipinski definition) is 5. The van der Waals surface area contributed by atoms with Crippen molar-refractivity contribution in [2.75, 3.05) is 72.2 Å². The molecule has 2 aliphatic heterocycles. The molecular formula is C22H45N3O2. The van der Waals surface area contributed by atoms with Crippen molar-refractivity contribution in [3.63, 3.8) is 0 Å². The molecule has 0 unspecified atom stereocenters. The number of nitrogens with zero attached hydrogens (tertiary/aromatic N) is 2. The summed E-state index contributed by atoms with van der Waals surface area (Å²) in [7, 11) is 0. The van der Waals surface area contributed by atoms with Gasteiger partial charge in [0.2, 0.25) is 0 Å². The number of unbranched alkanes of at least 4 members (excludes halogenated alkanes) is 1. The topological polar surface area (TPSA) is 37.0 Å². The molecule has 2 rings (SSSR count). The summed E-state index contributed by atoms with van der Waals surface area (Å²) in [6.45, 7) is 23.0. The van der Waals surface area contributed by atoms with Crippen molar-refractivity contribution in [1.29, 1.82) is 0 Å². The van der Waals surface area contributed by atoms with E-state index in [2.05, 4.69) is 49.7 Å². The molecule has 160 valence electrons. The summed E-state index contributed by atoms with van der Waals surface area (Å²) < 4.78 is 11.5. The zero-order chi connectivity index (χ0) is 19.8. The van der Waals surface area contributed by atoms with E-state index in [1.807, 2.05) is 0 Å². The molecule has 0 bridgehead atoms. The standard InChI is InChI=1S/C22H45N3O2/c1-20(2)23-9-13-27-15-11-25-18-22(19-25)16-24(17-22)10-14-26-12-7-6-8-21(3,4)5/h20,23H,6-19H2,1-5H3. The molecule has 5 nitrogen and oxygen atoms in total. The van der Waals surface area contributed by atoms with Crippen LogP contribution in [0.1, 0.15) is 53.9 Å². The molecule has 1 N–H and O–H groups in total. The third-order valence-corrected chi connectivity index (χ3v) is 5.60. The van der Waals surface area contributed by atoms with Crippen molar-refractivity contribution in [1.82, 2.24) is 15.1 Å². The lowest BCUT2D eigenvalue weighted by Crippen LogP contribution is -2.72. The Morgan fingerprint density at radius 2 is 1.41 bits per heavy atom. The third-order valence-electron chi connectivity index (χ3n) is 5.60. The van der Waals surface area contributed by atoms with Crippen molar-refractivity contribution >= 4 is 0 Å². The highest BCUT2D eigenvalue weighted by molar-refractivity contribution is 5.05. The minimum absolute atomic E-state index is 0.458. The first kappa shape index (κ1) is 23.1. The molecule has 2 aliphatic rings. The molecule has 5 heteroatoms. The van der Waals surface area contributed by atoms with Gasteiger partial charge in [0.15, 0.2) is 0 Å². The van der Waals surface area contributed by atoms with Gasteiger partial charge < -0.3 is 14.8 Å². The van der Waals surface area contributed by atoms with Gasteiger partial charge in [-0.3, -0.25) is 9.80 Å². The van der Waals surface area contributed by atoms with Crippen molar-refractivity contribution in [2.24, 2.45) is 10.8 Å². The molecule has 2 saturated heterocycles. The Morgan fingerprint density at radius 3 is 1.93 bits per heavy atom. The first-order valence-electron chi connectivity index (χ1n) is 11.1. The highest BCUT2D eigenvalue weighted by atomic mass is 16.5. The fourth-order valence-electron chi connectivity index (χ4n) is 4.19. The molecule has 0 saturated carbocycles. The lowest BCUT2D eigenvalue weighted by atomic mass is 9.73. The van der Waals surface area contributed by atoms with Crippen LogP contribution in [0.25, 0.3) is 0 Å². The van der Waals surface area contributed by atoms with Crippen LogP contribution in [0, 0.1) is 10.8 Å². The molecule has 2 heterocycles. The molecule has 27 heavy (non-hydrogen) atoms. The average molecular weight is 384 g/mol. The molecular weight excluding hydrogens is 338 g/mol. The van der Waals surface area contributed by atoms with Crippen LogP contribution in [0.2, 0.25) is 0 Å². The molecule has 0 radical (unpaired) electrons. The van der Waals surface area contributed by atoms with E-state index >= 15 is 0 Å². The Hall–Kier alpha value is -0.200. The summed E-state index contributed by atoms with van der Waals surface area (Å²) in [6.07, 6.45) is 3.78. The molecule has 1 spiro atoms. The van der Waals surface area contributed by atoms with E-state index in [9.17, 15) is 0 Å². The van der Waals surface area contributed by atoms with Crippen LogP contribution in [0.15, 0.2) is 0 Å². The maximum Gasteiger partial charge on any atom is 0.0594 e. The Balaban J connectivity index is 1.35. The van der Waals surface area contributed by atoms with Crippen LogP contribution >= 0.6 is 0 Å². The number of likely N-dealkylation sites (tertiary alicyclic amines) is 2. The molecule has 0 atom stereocenters. The van der Waals surface area contributed by atoms with Gasteiger partial charge in [-0.2, -0.15) is 0 Å². The van der Waals surface area contributed by atoms with Crippen molar-refractivity contribution in [2.45, 2.75) is 59.9 Å². The van der Waals surface area contributed by atoms with Crippen LogP contribution in [-0.4, -0.2) is 88.1 Å². The maximum atomic E-state index is 5.82. The van der Waals surface area contributed by atoms with E-state index in [0.29, 0.717) is 16.9 Å². The van der Waals surface area contributed by atoms with Gasteiger partial charge >= 0.3 is 0 Å². The smallest absolute Gasteiger partial charge is 0.0594 e. The van der Waals surface area contributed by atoms with Gasteiger partial charge in [-0.15, -0.1) is 0 Å². The lowest BCUT2D eigenvalue weighted by molar-refractivity contribution is -0.123. The second kappa shape index (κ2) is 11.1. The van der Waals surface area contributed by atoms with Crippen molar-refractivity contribution in [3.8, 4) is 0 Å². The van der Waals surface area contributed by atoms with E-state index in [0.717, 1.165) is 46.1 Å². The summed E-state index contributed by atoms with van der Waals surface area (Å²) in [4.78, 5) is 5.10. The zero-order valence-corrected chi connectivity index (χ0v) is 18.7. The SMILES string of the molecule is CC(C)NCCOCCN1CC2(CN(CCOCCCCC(C)(C)C)C2)C1. The van der Waals surface area contributed by atoms with Crippen LogP contribution in [0.5, 0.6) is 0 Å². The van der Waals surface area contributed by atoms with Crippen molar-refractivity contribution < 1.29 is 9.47 Å². The highest BCUT2D eigenvalue weighted by Gasteiger charge is 2.50. The van der Waals surface area contributed by atoms with Crippen molar-refractivity contribution in [3.05, 3.63) is 0 Å². The van der Waals surface area contributed by atoms with Gasteiger partial charge in [0.1, 0.15) is 0 Å². The number of ether oxygens (including phenoxy) is 2. The van der Waals surface area contributed by atoms with E-state index in [1.165, 1.54) is 45.4 Å². The molecule has 0 aromatic carbocycles. The first-order chi connectivity index (χ1) is 12.8. The first-order valence-corrected chi connectivity index (χ1v) is 11.1. The van der Waals surface area contributed by atoms with Crippen LogP contribution in [0.3, 0.4) is 0 Å². The monoisotopic (exact) mass is 383 g/mol. The molecule has 0 aromatic heterocycles. The Labute approximate surface area is 168 Å². The second-order valence-electron chi connectivity index (χ2n) is 10.3. The number of hydrogen-bond donors (Lipinski definition) is 1. The second-order valence-corrected chi connectivity index (χ2v) is 10.3. The Kier molecular flexibility index (Phi) is 9.49. The van der Waals surface area contributed by atoms with Gasteiger partial charge in [0.05, 0.1) is 19.8 Å². The average Bonchev–Trinajstić information content (AvgIpc) is 2.49. The number of nitrogens with one attached hydrogen (secondary N) is 1. The van der Waals surface area contributed by atoms with Crippen LogP contribution < -0.4 is 5.32 Å². The summed E-state index contributed by atoms with van der Waals surface area (Å²) in [5.74, 6) is 0. The zero-order valence-electron chi connectivity index (χ0n) is 18.7. The molecule has 2 fully saturated rings. The van der Waals surface area contributed by atoms with E-state index in [1.54, 1.807) is 0 Å². The molecule has 0 aliphatic carbocycles. The summed E-state index contributed by atoms with van der Waals surface area (Å²) >= 11 is 0. The predicted molar refractivity (Wildman–Crippen MR) is 113 cm³/mol. The maximum absolute atomic E-state index is 5.82.